The molecule has 0 unspecified atom stereocenters. The first kappa shape index (κ1) is 22.3. The number of halogens is 1. The van der Waals surface area contributed by atoms with Gasteiger partial charge in [-0.1, -0.05) is 23.7 Å². The average Bonchev–Trinajstić information content (AvgIpc) is 3.28. The fraction of sp³-hybridized carbons (Fsp3) is 0.417. The number of anilines is 2. The Balaban J connectivity index is 1.24. The molecule has 2 aromatic rings. The van der Waals surface area contributed by atoms with Crippen LogP contribution in [0.3, 0.4) is 0 Å². The minimum absolute atomic E-state index is 0.0618. The summed E-state index contributed by atoms with van der Waals surface area (Å²) in [4.78, 5) is 27.5. The fourth-order valence-electron chi connectivity index (χ4n) is 4.57. The van der Waals surface area contributed by atoms with Crippen LogP contribution in [0.25, 0.3) is 0 Å². The number of likely N-dealkylation sites (tertiary alicyclic amines) is 1. The van der Waals surface area contributed by atoms with E-state index in [-0.39, 0.29) is 6.03 Å². The fourth-order valence-corrected chi connectivity index (χ4v) is 4.70. The van der Waals surface area contributed by atoms with Gasteiger partial charge in [-0.2, -0.15) is 0 Å². The van der Waals surface area contributed by atoms with Crippen LogP contribution in [-0.4, -0.2) is 54.9 Å². The number of rotatable bonds is 5. The van der Waals surface area contributed by atoms with Crippen molar-refractivity contribution in [2.45, 2.75) is 25.2 Å². The number of carbonyl (C=O) groups excluding carboxylic acids is 1. The molecule has 0 radical (unpaired) electrons. The maximum atomic E-state index is 12.7. The van der Waals surface area contributed by atoms with E-state index in [9.17, 15) is 9.59 Å². The Morgan fingerprint density at radius 1 is 0.969 bits per heavy atom. The lowest BCUT2D eigenvalue weighted by Gasteiger charge is -2.32. The Hall–Kier alpha value is -2.93. The van der Waals surface area contributed by atoms with Gasteiger partial charge in [0.15, 0.2) is 0 Å². The summed E-state index contributed by atoms with van der Waals surface area (Å²) in [5.74, 6) is 0.784. The molecule has 0 bridgehead atoms. The second-order valence-corrected chi connectivity index (χ2v) is 9.01. The van der Waals surface area contributed by atoms with Crippen LogP contribution < -0.4 is 15.5 Å². The Morgan fingerprint density at radius 2 is 1.66 bits per heavy atom. The number of carbonyl (C=O) groups is 2. The molecule has 2 heterocycles. The molecule has 2 saturated heterocycles. The number of piperidine rings is 1. The molecule has 2 aliphatic heterocycles. The number of carboxylic acid groups (broad SMARTS) is 1. The highest BCUT2D eigenvalue weighted by Gasteiger charge is 2.25. The van der Waals surface area contributed by atoms with Gasteiger partial charge < -0.3 is 25.5 Å². The first-order valence-electron chi connectivity index (χ1n) is 11.1. The Morgan fingerprint density at radius 3 is 2.31 bits per heavy atom. The van der Waals surface area contributed by atoms with Crippen molar-refractivity contribution in [2.24, 2.45) is 5.92 Å². The van der Waals surface area contributed by atoms with Gasteiger partial charge in [0.2, 0.25) is 0 Å². The summed E-state index contributed by atoms with van der Waals surface area (Å²) in [5.41, 5.74) is 3.15. The Bertz CT molecular complexity index is 927. The summed E-state index contributed by atoms with van der Waals surface area (Å²) in [6.07, 6.45) is 1.88. The van der Waals surface area contributed by atoms with E-state index < -0.39 is 6.09 Å². The molecule has 8 heteroatoms. The van der Waals surface area contributed by atoms with Gasteiger partial charge in [-0.3, -0.25) is 0 Å². The van der Waals surface area contributed by atoms with Crippen LogP contribution in [0.4, 0.5) is 21.0 Å². The van der Waals surface area contributed by atoms with E-state index in [4.69, 9.17) is 16.7 Å². The second-order valence-electron chi connectivity index (χ2n) is 8.58. The van der Waals surface area contributed by atoms with Crippen LogP contribution in [-0.2, 0) is 0 Å². The van der Waals surface area contributed by atoms with Crippen LogP contribution >= 0.6 is 11.6 Å². The number of benzene rings is 2. The molecule has 2 fully saturated rings. The topological polar surface area (TPSA) is 84.9 Å². The van der Waals surface area contributed by atoms with Crippen molar-refractivity contribution in [1.29, 1.82) is 0 Å². The van der Waals surface area contributed by atoms with Gasteiger partial charge >= 0.3 is 12.1 Å². The van der Waals surface area contributed by atoms with E-state index in [1.807, 2.05) is 41.3 Å². The highest BCUT2D eigenvalue weighted by molar-refractivity contribution is 6.30. The first-order valence-corrected chi connectivity index (χ1v) is 11.5. The van der Waals surface area contributed by atoms with Crippen molar-refractivity contribution in [2.75, 3.05) is 42.9 Å². The number of hydrogen-bond acceptors (Lipinski definition) is 3. The molecule has 3 N–H and O–H groups in total. The van der Waals surface area contributed by atoms with Crippen LogP contribution in [0, 0.1) is 5.92 Å². The van der Waals surface area contributed by atoms with Gasteiger partial charge in [0.1, 0.15) is 0 Å². The van der Waals surface area contributed by atoms with Gasteiger partial charge in [-0.15, -0.1) is 0 Å². The van der Waals surface area contributed by atoms with E-state index >= 15 is 0 Å². The number of urea groups is 1. The molecular formula is C24H29ClN4O3. The first-order chi connectivity index (χ1) is 15.5. The normalized spacial score (nSPS) is 19.1. The number of hydrogen-bond donors (Lipinski definition) is 3. The third kappa shape index (κ3) is 5.65. The van der Waals surface area contributed by atoms with Gasteiger partial charge in [0, 0.05) is 49.1 Å². The standard InChI is InChI=1S/C24H29ClN4O3/c25-20-3-1-18(2-4-20)19-10-13-28(14-11-19)23(30)27-21-5-7-22(8-6-21)29-12-9-17(16-29)15-26-24(31)32/h1-8,17,19,26H,9-16H2,(H,27,30)(H,31,32)/t17-/m1/s1. The van der Waals surface area contributed by atoms with Crippen LogP contribution in [0.2, 0.25) is 5.02 Å². The summed E-state index contributed by atoms with van der Waals surface area (Å²) >= 11 is 5.98. The van der Waals surface area contributed by atoms with E-state index in [0.29, 0.717) is 18.4 Å². The molecule has 170 valence electrons. The van der Waals surface area contributed by atoms with Crippen molar-refractivity contribution in [1.82, 2.24) is 10.2 Å². The summed E-state index contributed by atoms with van der Waals surface area (Å²) in [7, 11) is 0. The van der Waals surface area contributed by atoms with E-state index in [2.05, 4.69) is 27.7 Å². The van der Waals surface area contributed by atoms with Gasteiger partial charge in [-0.25, -0.2) is 9.59 Å². The highest BCUT2D eigenvalue weighted by atomic mass is 35.5. The molecule has 0 aliphatic carbocycles. The quantitative estimate of drug-likeness (QED) is 0.600. The third-order valence-corrected chi connectivity index (χ3v) is 6.69. The molecule has 4 rings (SSSR count). The summed E-state index contributed by atoms with van der Waals surface area (Å²) in [6.45, 7) is 3.68. The predicted octanol–water partition coefficient (Wildman–Crippen LogP) is 4.85. The Kier molecular flexibility index (Phi) is 7.05. The second kappa shape index (κ2) is 10.1. The van der Waals surface area contributed by atoms with Crippen molar-refractivity contribution < 1.29 is 14.7 Å². The number of nitrogens with zero attached hydrogens (tertiary/aromatic N) is 2. The minimum atomic E-state index is -0.974. The van der Waals surface area contributed by atoms with Gasteiger partial charge in [0.25, 0.3) is 0 Å². The van der Waals surface area contributed by atoms with E-state index in [1.54, 1.807) is 0 Å². The summed E-state index contributed by atoms with van der Waals surface area (Å²) < 4.78 is 0. The predicted molar refractivity (Wildman–Crippen MR) is 127 cm³/mol. The van der Waals surface area contributed by atoms with Crippen molar-refractivity contribution in [3.05, 3.63) is 59.1 Å². The SMILES string of the molecule is O=C(O)NC[C@H]1CCN(c2ccc(NC(=O)N3CCC(c4ccc(Cl)cc4)CC3)cc2)C1. The molecule has 0 aromatic heterocycles. The molecular weight excluding hydrogens is 428 g/mol. The van der Waals surface area contributed by atoms with Crippen LogP contribution in [0.1, 0.15) is 30.7 Å². The van der Waals surface area contributed by atoms with Crippen molar-refractivity contribution in [3.63, 3.8) is 0 Å². The van der Waals surface area contributed by atoms with Crippen molar-refractivity contribution >= 4 is 35.1 Å². The molecule has 1 atom stereocenters. The van der Waals surface area contributed by atoms with Gasteiger partial charge in [-0.05, 0) is 73.1 Å². The number of nitrogens with one attached hydrogen (secondary N) is 2. The molecule has 7 nitrogen and oxygen atoms in total. The summed E-state index contributed by atoms with van der Waals surface area (Å²) in [5, 5.41) is 15.0. The lowest BCUT2D eigenvalue weighted by atomic mass is 9.89. The maximum absolute atomic E-state index is 12.7. The smallest absolute Gasteiger partial charge is 0.404 e. The lowest BCUT2D eigenvalue weighted by molar-refractivity contribution is 0.192. The van der Waals surface area contributed by atoms with E-state index in [1.165, 1.54) is 5.56 Å². The third-order valence-electron chi connectivity index (χ3n) is 6.44. The van der Waals surface area contributed by atoms with Crippen LogP contribution in [0.5, 0.6) is 0 Å². The zero-order chi connectivity index (χ0) is 22.5. The van der Waals surface area contributed by atoms with Crippen LogP contribution in [0.15, 0.2) is 48.5 Å². The molecule has 2 aromatic carbocycles. The lowest BCUT2D eigenvalue weighted by Crippen LogP contribution is -2.40. The average molecular weight is 457 g/mol. The molecule has 32 heavy (non-hydrogen) atoms. The molecule has 0 saturated carbocycles. The molecule has 3 amide bonds. The van der Waals surface area contributed by atoms with Crippen molar-refractivity contribution in [3.8, 4) is 0 Å². The maximum Gasteiger partial charge on any atom is 0.404 e. The molecule has 0 spiro atoms. The monoisotopic (exact) mass is 456 g/mol. The number of amides is 3. The minimum Gasteiger partial charge on any atom is -0.465 e. The Labute approximate surface area is 193 Å². The van der Waals surface area contributed by atoms with E-state index in [0.717, 1.165) is 61.8 Å². The zero-order valence-electron chi connectivity index (χ0n) is 18.0. The highest BCUT2D eigenvalue weighted by Crippen LogP contribution is 2.29. The van der Waals surface area contributed by atoms with Gasteiger partial charge in [0.05, 0.1) is 0 Å². The largest absolute Gasteiger partial charge is 0.465 e. The molecule has 2 aliphatic rings. The zero-order valence-corrected chi connectivity index (χ0v) is 18.7. The summed E-state index contributed by atoms with van der Waals surface area (Å²) in [6, 6.07) is 15.8.